The minimum atomic E-state index is -3.99. The average molecular weight is 698 g/mol. The van der Waals surface area contributed by atoms with Gasteiger partial charge in [0, 0.05) is 43.2 Å². The Bertz CT molecular complexity index is 1700. The summed E-state index contributed by atoms with van der Waals surface area (Å²) in [5.41, 5.74) is 3.24. The summed E-state index contributed by atoms with van der Waals surface area (Å²) in [5, 5.41) is -0.109. The van der Waals surface area contributed by atoms with Gasteiger partial charge in [0.25, 0.3) is 5.91 Å². The van der Waals surface area contributed by atoms with Gasteiger partial charge >= 0.3 is 0 Å². The van der Waals surface area contributed by atoms with Crippen molar-refractivity contribution in [3.05, 3.63) is 70.3 Å². The molecule has 9 nitrogen and oxygen atoms in total. The molecule has 1 fully saturated rings. The van der Waals surface area contributed by atoms with Gasteiger partial charge in [-0.25, -0.2) is 13.1 Å². The molecule has 260 valence electrons. The van der Waals surface area contributed by atoms with Gasteiger partial charge in [-0.05, 0) is 104 Å². The molecule has 1 spiro atoms. The fraction of sp³-hybridized carbons (Fsp3) is 0.568. The number of anilines is 1. The summed E-state index contributed by atoms with van der Waals surface area (Å²) in [5.74, 6) is -0.0626. The van der Waals surface area contributed by atoms with Crippen LogP contribution in [0.3, 0.4) is 0 Å². The van der Waals surface area contributed by atoms with Crippen molar-refractivity contribution in [2.45, 2.75) is 69.6 Å². The number of carbonyl (C=O) groups is 2. The van der Waals surface area contributed by atoms with Crippen LogP contribution in [0.25, 0.3) is 0 Å². The maximum atomic E-state index is 13.5. The molecular formula is C37H48ClN3O6S. The number of benzene rings is 2. The van der Waals surface area contributed by atoms with E-state index in [4.69, 9.17) is 21.1 Å². The summed E-state index contributed by atoms with van der Waals surface area (Å²) in [6, 6.07) is 11.4. The van der Waals surface area contributed by atoms with Gasteiger partial charge in [0.1, 0.15) is 12.4 Å². The van der Waals surface area contributed by atoms with E-state index in [1.807, 2.05) is 32.1 Å². The SMILES string of the molecule is C[C@@H]1[C@@H](C)S(=O)(=O)NC(=O)c2ccc3c(c2)N(C[C@@H]2CC[C@H]2[C@@H](OCC(=O)N(C)C)/C=C/[C@@H]1C)C[C@@]1(CCCc2cc(Cl)ccc21)CO3. The normalized spacial score (nSPS) is 32.0. The van der Waals surface area contributed by atoms with Gasteiger partial charge in [0.15, 0.2) is 0 Å². The van der Waals surface area contributed by atoms with Crippen molar-refractivity contribution >= 4 is 39.1 Å². The lowest BCUT2D eigenvalue weighted by atomic mass is 9.68. The molecule has 2 aromatic carbocycles. The third-order valence-corrected chi connectivity index (χ3v) is 13.6. The van der Waals surface area contributed by atoms with E-state index in [-0.39, 0.29) is 53.3 Å². The van der Waals surface area contributed by atoms with Crippen LogP contribution in [0.4, 0.5) is 5.69 Å². The molecule has 0 aromatic heterocycles. The summed E-state index contributed by atoms with van der Waals surface area (Å²) >= 11 is 6.44. The number of allylic oxidation sites excluding steroid dienone is 1. The van der Waals surface area contributed by atoms with Crippen LogP contribution in [0.2, 0.25) is 5.02 Å². The van der Waals surface area contributed by atoms with Crippen molar-refractivity contribution in [3.8, 4) is 5.75 Å². The topological polar surface area (TPSA) is 105 Å². The zero-order valence-electron chi connectivity index (χ0n) is 28.6. The third kappa shape index (κ3) is 6.85. The Hall–Kier alpha value is -3.08. The number of hydrogen-bond acceptors (Lipinski definition) is 7. The van der Waals surface area contributed by atoms with Crippen molar-refractivity contribution in [1.29, 1.82) is 0 Å². The lowest BCUT2D eigenvalue weighted by Gasteiger charge is -2.46. The Morgan fingerprint density at radius 3 is 2.65 bits per heavy atom. The Kier molecular flexibility index (Phi) is 9.91. The van der Waals surface area contributed by atoms with Crippen molar-refractivity contribution in [2.24, 2.45) is 23.7 Å². The van der Waals surface area contributed by atoms with E-state index >= 15 is 0 Å². The monoisotopic (exact) mass is 697 g/mol. The van der Waals surface area contributed by atoms with Crippen LogP contribution in [0, 0.1) is 23.7 Å². The lowest BCUT2D eigenvalue weighted by Crippen LogP contribution is -2.50. The molecule has 0 saturated heterocycles. The first-order valence-electron chi connectivity index (χ1n) is 17.1. The molecular weight excluding hydrogens is 650 g/mol. The van der Waals surface area contributed by atoms with Gasteiger partial charge in [0.2, 0.25) is 15.9 Å². The minimum absolute atomic E-state index is 0.0296. The summed E-state index contributed by atoms with van der Waals surface area (Å²) in [7, 11) is -0.554. The molecule has 48 heavy (non-hydrogen) atoms. The second-order valence-corrected chi connectivity index (χ2v) is 17.1. The highest BCUT2D eigenvalue weighted by molar-refractivity contribution is 7.90. The van der Waals surface area contributed by atoms with Gasteiger partial charge in [-0.1, -0.05) is 43.7 Å². The van der Waals surface area contributed by atoms with E-state index in [2.05, 4.69) is 21.8 Å². The Labute approximate surface area is 290 Å². The molecule has 0 radical (unpaired) electrons. The van der Waals surface area contributed by atoms with Crippen molar-refractivity contribution < 1.29 is 27.5 Å². The fourth-order valence-electron chi connectivity index (χ4n) is 7.86. The number of likely N-dealkylation sites (N-methyl/N-ethyl adjacent to an activating group) is 1. The van der Waals surface area contributed by atoms with E-state index in [1.54, 1.807) is 39.2 Å². The van der Waals surface area contributed by atoms with Gasteiger partial charge in [0.05, 0.1) is 23.6 Å². The van der Waals surface area contributed by atoms with Crippen LogP contribution >= 0.6 is 11.6 Å². The number of hydrogen-bond donors (Lipinski definition) is 1. The first-order valence-corrected chi connectivity index (χ1v) is 19.1. The number of fused-ring (bicyclic) bond motifs is 4. The number of rotatable bonds is 3. The van der Waals surface area contributed by atoms with Gasteiger partial charge in [-0.2, -0.15) is 0 Å². The molecule has 6 rings (SSSR count). The molecule has 1 saturated carbocycles. The standard InChI is InChI=1S/C37H48ClN3O6S/c1-23-8-14-33(46-20-35(42)40(4)5)30-12-9-28(30)19-41-21-37(16-6-7-26-17-29(38)11-13-31(26)37)22-47-34-15-10-27(18-32(34)41)36(43)39-48(44,45)25(3)24(23)2/h8,10-11,13-15,17-18,23-25,28,30,33H,6-7,9,12,16,19-22H2,1-5H3,(H,39,43)/b14-8+/t23-,24-,25+,28-,30+,33-,37-/m0/s1. The maximum absolute atomic E-state index is 13.5. The van der Waals surface area contributed by atoms with Crippen LogP contribution in [0.5, 0.6) is 5.75 Å². The Morgan fingerprint density at radius 2 is 1.92 bits per heavy atom. The highest BCUT2D eigenvalue weighted by Gasteiger charge is 2.45. The molecule has 2 aromatic rings. The molecule has 4 aliphatic rings. The molecule has 0 unspecified atom stereocenters. The van der Waals surface area contributed by atoms with E-state index < -0.39 is 21.2 Å². The zero-order valence-corrected chi connectivity index (χ0v) is 30.1. The van der Waals surface area contributed by atoms with Crippen molar-refractivity contribution in [3.63, 3.8) is 0 Å². The fourth-order valence-corrected chi connectivity index (χ4v) is 9.43. The zero-order chi connectivity index (χ0) is 34.4. The Morgan fingerprint density at radius 1 is 1.12 bits per heavy atom. The van der Waals surface area contributed by atoms with Crippen LogP contribution in [-0.4, -0.2) is 76.9 Å². The molecule has 2 aliphatic heterocycles. The number of amides is 2. The van der Waals surface area contributed by atoms with E-state index in [9.17, 15) is 18.0 Å². The predicted molar refractivity (Wildman–Crippen MR) is 188 cm³/mol. The van der Waals surface area contributed by atoms with Crippen LogP contribution in [0.1, 0.15) is 67.9 Å². The molecule has 2 aliphatic carbocycles. The largest absolute Gasteiger partial charge is 0.490 e. The second-order valence-electron chi connectivity index (χ2n) is 14.6. The molecule has 7 atom stereocenters. The number of nitrogens with zero attached hydrogens (tertiary/aromatic N) is 2. The minimum Gasteiger partial charge on any atom is -0.490 e. The first-order chi connectivity index (χ1) is 22.8. The van der Waals surface area contributed by atoms with E-state index in [1.165, 1.54) is 16.0 Å². The number of halogens is 1. The van der Waals surface area contributed by atoms with Crippen LogP contribution in [0.15, 0.2) is 48.6 Å². The Balaban J connectivity index is 1.42. The summed E-state index contributed by atoms with van der Waals surface area (Å²) in [4.78, 5) is 30.0. The highest BCUT2D eigenvalue weighted by atomic mass is 35.5. The number of carbonyl (C=O) groups excluding carboxylic acids is 2. The van der Waals surface area contributed by atoms with Gasteiger partial charge < -0.3 is 19.3 Å². The molecule has 1 N–H and O–H groups in total. The second kappa shape index (κ2) is 13.7. The van der Waals surface area contributed by atoms with Gasteiger partial charge in [-0.3, -0.25) is 9.59 Å². The average Bonchev–Trinajstić information content (AvgIpc) is 3.19. The number of sulfonamides is 1. The quantitative estimate of drug-likeness (QED) is 0.417. The smallest absolute Gasteiger partial charge is 0.264 e. The molecule has 2 amide bonds. The van der Waals surface area contributed by atoms with Crippen LogP contribution in [-0.2, 0) is 31.4 Å². The number of ether oxygens (including phenoxy) is 2. The maximum Gasteiger partial charge on any atom is 0.264 e. The third-order valence-electron chi connectivity index (χ3n) is 11.4. The molecule has 2 bridgehead atoms. The van der Waals surface area contributed by atoms with Crippen molar-refractivity contribution in [2.75, 3.05) is 45.3 Å². The van der Waals surface area contributed by atoms with Gasteiger partial charge in [-0.15, -0.1) is 0 Å². The summed E-state index contributed by atoms with van der Waals surface area (Å²) < 4.78 is 42.3. The van der Waals surface area contributed by atoms with Crippen LogP contribution < -0.4 is 14.4 Å². The number of nitrogens with one attached hydrogen (secondary N) is 1. The molecule has 11 heteroatoms. The molecule has 2 heterocycles. The summed E-state index contributed by atoms with van der Waals surface area (Å²) in [6.45, 7) is 7.33. The summed E-state index contributed by atoms with van der Waals surface area (Å²) in [6.07, 6.45) is 8.62. The predicted octanol–water partition coefficient (Wildman–Crippen LogP) is 5.60. The van der Waals surface area contributed by atoms with E-state index in [0.717, 1.165) is 42.8 Å². The van der Waals surface area contributed by atoms with Crippen molar-refractivity contribution in [1.82, 2.24) is 9.62 Å². The van der Waals surface area contributed by atoms with E-state index in [0.29, 0.717) is 25.4 Å². The lowest BCUT2D eigenvalue weighted by molar-refractivity contribution is -0.137. The first kappa shape index (κ1) is 34.8. The number of aryl methyl sites for hydroxylation is 1. The highest BCUT2D eigenvalue weighted by Crippen LogP contribution is 2.47.